The van der Waals surface area contributed by atoms with E-state index in [0.717, 1.165) is 77.0 Å². The summed E-state index contributed by atoms with van der Waals surface area (Å²) in [6, 6.07) is 0. The molecule has 1 unspecified atom stereocenters. The minimum Gasteiger partial charge on any atom is -0.462 e. The number of rotatable bonds is 48. The standard InChI is InChI=1S/C56H100O6/c1-4-7-10-13-16-19-22-25-28-31-34-37-40-43-46-49-55(58)61-52-53(51-60-54(57)48-45-42-39-36-33-30-27-24-21-18-15-12-9-6-3)62-56(59)50-47-44-41-38-35-32-29-26-23-20-17-14-11-8-5-2/h16,19-20,22-23,25,30,33,53H,4-15,17-18,21,24,26-29,31-32,34-52H2,1-3H3/b19-16-,23-20-,25-22-,33-30-. The van der Waals surface area contributed by atoms with E-state index in [9.17, 15) is 14.4 Å². The van der Waals surface area contributed by atoms with Crippen molar-refractivity contribution in [2.75, 3.05) is 13.2 Å². The summed E-state index contributed by atoms with van der Waals surface area (Å²) in [6.07, 6.45) is 60.9. The molecule has 0 saturated carbocycles. The summed E-state index contributed by atoms with van der Waals surface area (Å²) < 4.78 is 16.8. The zero-order valence-electron chi connectivity index (χ0n) is 41.1. The Morgan fingerprint density at radius 2 is 0.581 bits per heavy atom. The van der Waals surface area contributed by atoms with Crippen molar-refractivity contribution in [1.82, 2.24) is 0 Å². The van der Waals surface area contributed by atoms with Crippen LogP contribution >= 0.6 is 0 Å². The third-order valence-electron chi connectivity index (χ3n) is 11.6. The summed E-state index contributed by atoms with van der Waals surface area (Å²) in [5.74, 6) is -0.908. The van der Waals surface area contributed by atoms with Crippen LogP contribution in [-0.2, 0) is 28.6 Å². The third-order valence-corrected chi connectivity index (χ3v) is 11.6. The lowest BCUT2D eigenvalue weighted by atomic mass is 10.1. The van der Waals surface area contributed by atoms with Crippen LogP contribution in [-0.4, -0.2) is 37.2 Å². The van der Waals surface area contributed by atoms with Crippen LogP contribution in [0.2, 0.25) is 0 Å². The first-order valence-corrected chi connectivity index (χ1v) is 26.7. The molecule has 62 heavy (non-hydrogen) atoms. The van der Waals surface area contributed by atoms with Crippen molar-refractivity contribution in [3.63, 3.8) is 0 Å². The molecule has 0 aliphatic carbocycles. The molecule has 0 fully saturated rings. The molecule has 0 aromatic heterocycles. The highest BCUT2D eigenvalue weighted by atomic mass is 16.6. The van der Waals surface area contributed by atoms with Gasteiger partial charge in [-0.05, 0) is 96.3 Å². The highest BCUT2D eigenvalue weighted by Gasteiger charge is 2.19. The Bertz CT molecular complexity index is 1090. The van der Waals surface area contributed by atoms with Crippen molar-refractivity contribution in [1.29, 1.82) is 0 Å². The number of ether oxygens (including phenoxy) is 3. The van der Waals surface area contributed by atoms with E-state index in [1.165, 1.54) is 154 Å². The van der Waals surface area contributed by atoms with Crippen LogP contribution in [0.3, 0.4) is 0 Å². The lowest BCUT2D eigenvalue weighted by molar-refractivity contribution is -0.167. The topological polar surface area (TPSA) is 78.9 Å². The largest absolute Gasteiger partial charge is 0.462 e. The second kappa shape index (κ2) is 51.0. The van der Waals surface area contributed by atoms with Crippen LogP contribution in [0.25, 0.3) is 0 Å². The summed E-state index contributed by atoms with van der Waals surface area (Å²) in [5.41, 5.74) is 0. The zero-order valence-corrected chi connectivity index (χ0v) is 41.1. The second-order valence-electron chi connectivity index (χ2n) is 17.8. The number of unbranched alkanes of at least 4 members (excludes halogenated alkanes) is 30. The van der Waals surface area contributed by atoms with Gasteiger partial charge >= 0.3 is 17.9 Å². The maximum Gasteiger partial charge on any atom is 0.306 e. The fourth-order valence-corrected chi connectivity index (χ4v) is 7.48. The van der Waals surface area contributed by atoms with E-state index in [1.807, 2.05) is 0 Å². The lowest BCUT2D eigenvalue weighted by Crippen LogP contribution is -2.30. The minimum atomic E-state index is -0.784. The monoisotopic (exact) mass is 869 g/mol. The molecule has 6 heteroatoms. The minimum absolute atomic E-state index is 0.0848. The molecule has 0 aliphatic heterocycles. The van der Waals surface area contributed by atoms with Gasteiger partial charge < -0.3 is 14.2 Å². The van der Waals surface area contributed by atoms with Crippen molar-refractivity contribution < 1.29 is 28.6 Å². The van der Waals surface area contributed by atoms with Gasteiger partial charge in [0.15, 0.2) is 6.10 Å². The number of carbonyl (C=O) groups is 3. The van der Waals surface area contributed by atoms with Crippen LogP contribution in [0, 0.1) is 0 Å². The van der Waals surface area contributed by atoms with Gasteiger partial charge in [-0.15, -0.1) is 0 Å². The molecule has 1 atom stereocenters. The Hall–Kier alpha value is -2.63. The molecule has 0 bridgehead atoms. The molecule has 0 N–H and O–H groups in total. The lowest BCUT2D eigenvalue weighted by Gasteiger charge is -2.18. The number of carbonyl (C=O) groups excluding carboxylic acids is 3. The molecule has 0 rings (SSSR count). The first-order chi connectivity index (χ1) is 30.5. The molecule has 0 aromatic rings. The molecule has 0 heterocycles. The van der Waals surface area contributed by atoms with Gasteiger partial charge in [-0.2, -0.15) is 0 Å². The summed E-state index contributed by atoms with van der Waals surface area (Å²) in [6.45, 7) is 6.58. The average molecular weight is 869 g/mol. The van der Waals surface area contributed by atoms with Crippen molar-refractivity contribution in [3.05, 3.63) is 48.6 Å². The molecule has 360 valence electrons. The highest BCUT2D eigenvalue weighted by Crippen LogP contribution is 2.14. The van der Waals surface area contributed by atoms with E-state index in [4.69, 9.17) is 14.2 Å². The number of allylic oxidation sites excluding steroid dienone is 8. The Balaban J connectivity index is 4.41. The maximum atomic E-state index is 12.8. The predicted octanol–water partition coefficient (Wildman–Crippen LogP) is 17.5. The molecule has 0 saturated heterocycles. The van der Waals surface area contributed by atoms with Crippen LogP contribution < -0.4 is 0 Å². The summed E-state index contributed by atoms with van der Waals surface area (Å²) in [5, 5.41) is 0. The SMILES string of the molecule is CCCCC/C=C\C=C/CCCCCCCCC(=O)OCC(COC(=O)CCCCC/C=C\CCCCCCCCC)OC(=O)CCCCCCCCC/C=C\CCCCCC. The van der Waals surface area contributed by atoms with Gasteiger partial charge in [-0.3, -0.25) is 14.4 Å². The van der Waals surface area contributed by atoms with Gasteiger partial charge in [0, 0.05) is 19.3 Å². The quantitative estimate of drug-likeness (QED) is 0.0199. The molecule has 0 amide bonds. The molecule has 0 aliphatic rings. The third kappa shape index (κ3) is 48.4. The Kier molecular flexibility index (Phi) is 48.8. The smallest absolute Gasteiger partial charge is 0.306 e. The van der Waals surface area contributed by atoms with Crippen molar-refractivity contribution in [2.24, 2.45) is 0 Å². The fourth-order valence-electron chi connectivity index (χ4n) is 7.48. The number of esters is 3. The van der Waals surface area contributed by atoms with Gasteiger partial charge in [0.1, 0.15) is 13.2 Å². The number of hydrogen-bond donors (Lipinski definition) is 0. The van der Waals surface area contributed by atoms with Crippen molar-refractivity contribution in [2.45, 2.75) is 277 Å². The van der Waals surface area contributed by atoms with Gasteiger partial charge in [0.2, 0.25) is 0 Å². The average Bonchev–Trinajstić information content (AvgIpc) is 3.27. The van der Waals surface area contributed by atoms with E-state index in [2.05, 4.69) is 69.4 Å². The molecule has 0 spiro atoms. The Morgan fingerprint density at radius 3 is 0.968 bits per heavy atom. The van der Waals surface area contributed by atoms with Gasteiger partial charge in [-0.1, -0.05) is 204 Å². The van der Waals surface area contributed by atoms with Gasteiger partial charge in [-0.25, -0.2) is 0 Å². The summed E-state index contributed by atoms with van der Waals surface area (Å²) in [4.78, 5) is 38.0. The summed E-state index contributed by atoms with van der Waals surface area (Å²) in [7, 11) is 0. The summed E-state index contributed by atoms with van der Waals surface area (Å²) >= 11 is 0. The van der Waals surface area contributed by atoms with Crippen LogP contribution in [0.4, 0.5) is 0 Å². The normalized spacial score (nSPS) is 12.4. The fraction of sp³-hybridized carbons (Fsp3) is 0.804. The van der Waals surface area contributed by atoms with E-state index in [1.54, 1.807) is 0 Å². The van der Waals surface area contributed by atoms with E-state index < -0.39 is 6.10 Å². The van der Waals surface area contributed by atoms with Crippen LogP contribution in [0.1, 0.15) is 271 Å². The van der Waals surface area contributed by atoms with Gasteiger partial charge in [0.25, 0.3) is 0 Å². The first-order valence-electron chi connectivity index (χ1n) is 26.7. The van der Waals surface area contributed by atoms with Crippen LogP contribution in [0.5, 0.6) is 0 Å². The van der Waals surface area contributed by atoms with E-state index in [0.29, 0.717) is 19.3 Å². The Labute approximate surface area is 384 Å². The first kappa shape index (κ1) is 59.4. The van der Waals surface area contributed by atoms with E-state index in [-0.39, 0.29) is 31.1 Å². The molecular formula is C56H100O6. The van der Waals surface area contributed by atoms with Crippen molar-refractivity contribution >= 4 is 17.9 Å². The maximum absolute atomic E-state index is 12.8. The van der Waals surface area contributed by atoms with Crippen LogP contribution in [0.15, 0.2) is 48.6 Å². The zero-order chi connectivity index (χ0) is 45.1. The molecule has 0 radical (unpaired) electrons. The molecule has 6 nitrogen and oxygen atoms in total. The van der Waals surface area contributed by atoms with Gasteiger partial charge in [0.05, 0.1) is 0 Å². The predicted molar refractivity (Wildman–Crippen MR) is 265 cm³/mol. The number of hydrogen-bond acceptors (Lipinski definition) is 6. The second-order valence-corrected chi connectivity index (χ2v) is 17.8. The Morgan fingerprint density at radius 1 is 0.323 bits per heavy atom. The molecule has 0 aromatic carbocycles. The molecular weight excluding hydrogens is 769 g/mol. The van der Waals surface area contributed by atoms with Crippen molar-refractivity contribution in [3.8, 4) is 0 Å². The van der Waals surface area contributed by atoms with E-state index >= 15 is 0 Å². The highest BCUT2D eigenvalue weighted by molar-refractivity contribution is 5.71.